The first-order chi connectivity index (χ1) is 28.7. The summed E-state index contributed by atoms with van der Waals surface area (Å²) in [5, 5.41) is 9.11. The van der Waals surface area contributed by atoms with Crippen molar-refractivity contribution in [1.29, 1.82) is 0 Å². The lowest BCUT2D eigenvalue weighted by Crippen LogP contribution is -2.05. The lowest BCUT2D eigenvalue weighted by Gasteiger charge is -2.17. The molecule has 0 saturated carbocycles. The normalized spacial score (nSPS) is 14.3. The monoisotopic (exact) mass is 742 g/mol. The van der Waals surface area contributed by atoms with E-state index in [-0.39, 0.29) is 0 Å². The Morgan fingerprint density at radius 3 is 2.00 bits per heavy atom. The Kier molecular flexibility index (Phi) is 7.29. The van der Waals surface area contributed by atoms with Gasteiger partial charge in [-0.25, -0.2) is 15.0 Å². The highest BCUT2D eigenvalue weighted by Gasteiger charge is 2.24. The van der Waals surface area contributed by atoms with Crippen LogP contribution < -0.4 is 0 Å². The average Bonchev–Trinajstić information content (AvgIpc) is 3.84. The Balaban J connectivity index is 1.11. The molecule has 58 heavy (non-hydrogen) atoms. The van der Waals surface area contributed by atoms with Crippen molar-refractivity contribution in [1.82, 2.24) is 19.5 Å². The summed E-state index contributed by atoms with van der Waals surface area (Å²) in [6.45, 7) is 0. The first kappa shape index (κ1) is 32.6. The van der Waals surface area contributed by atoms with E-state index < -0.39 is 0 Å². The number of benzene rings is 8. The van der Waals surface area contributed by atoms with Gasteiger partial charge in [-0.3, -0.25) is 0 Å². The second-order valence-electron chi connectivity index (χ2n) is 15.1. The van der Waals surface area contributed by atoms with Gasteiger partial charge in [0.15, 0.2) is 17.5 Å². The molecule has 0 radical (unpaired) electrons. The van der Waals surface area contributed by atoms with Gasteiger partial charge in [0, 0.05) is 33.2 Å². The van der Waals surface area contributed by atoms with E-state index in [4.69, 9.17) is 19.4 Å². The standard InChI is InChI=1S/C53H34N4O/c1-2-13-33(14-3-1)34-25-27-36(28-26-34)51-54-52(41-22-12-18-35-15-6-7-19-39(35)41)56-53(55-51)43-29-30-46(49-42-21-9-11-24-48(42)58-50(43)49)57-45-23-10-8-20-40(45)44-31-37-16-4-5-17-38(37)32-47(44)57/h1-25,27-32,34H,26H2. The smallest absolute Gasteiger partial charge is 0.167 e. The maximum absolute atomic E-state index is 6.89. The van der Waals surface area contributed by atoms with Crippen molar-refractivity contribution in [2.75, 3.05) is 0 Å². The maximum atomic E-state index is 6.89. The quantitative estimate of drug-likeness (QED) is 0.176. The Hall–Kier alpha value is -7.63. The molecule has 3 aromatic heterocycles. The van der Waals surface area contributed by atoms with Crippen molar-refractivity contribution in [3.05, 3.63) is 199 Å². The number of hydrogen-bond acceptors (Lipinski definition) is 4. The van der Waals surface area contributed by atoms with Gasteiger partial charge in [0.1, 0.15) is 11.2 Å². The average molecular weight is 743 g/mol. The van der Waals surface area contributed by atoms with Crippen LogP contribution in [-0.2, 0) is 0 Å². The van der Waals surface area contributed by atoms with Crippen molar-refractivity contribution in [2.24, 2.45) is 0 Å². The van der Waals surface area contributed by atoms with Crippen LogP contribution in [0.5, 0.6) is 0 Å². The molecule has 5 nitrogen and oxygen atoms in total. The molecule has 1 atom stereocenters. The Bertz CT molecular complexity index is 3490. The van der Waals surface area contributed by atoms with Crippen molar-refractivity contribution in [2.45, 2.75) is 12.3 Å². The molecular weight excluding hydrogens is 709 g/mol. The fraction of sp³-hybridized carbons (Fsp3) is 0.0377. The summed E-state index contributed by atoms with van der Waals surface area (Å²) in [6, 6.07) is 59.9. The van der Waals surface area contributed by atoms with E-state index in [0.717, 1.165) is 72.6 Å². The predicted molar refractivity (Wildman–Crippen MR) is 238 cm³/mol. The highest BCUT2D eigenvalue weighted by atomic mass is 16.3. The molecular formula is C53H34N4O. The van der Waals surface area contributed by atoms with E-state index >= 15 is 0 Å². The van der Waals surface area contributed by atoms with E-state index in [9.17, 15) is 0 Å². The number of para-hydroxylation sites is 2. The van der Waals surface area contributed by atoms with E-state index in [1.807, 2.05) is 12.1 Å². The summed E-state index contributed by atoms with van der Waals surface area (Å²) >= 11 is 0. The summed E-state index contributed by atoms with van der Waals surface area (Å²) in [7, 11) is 0. The van der Waals surface area contributed by atoms with Crippen LogP contribution >= 0.6 is 0 Å². The van der Waals surface area contributed by atoms with Gasteiger partial charge in [-0.15, -0.1) is 0 Å². The van der Waals surface area contributed by atoms with Crippen molar-refractivity contribution in [3.8, 4) is 28.5 Å². The number of hydrogen-bond donors (Lipinski definition) is 0. The molecule has 1 unspecified atom stereocenters. The first-order valence-corrected chi connectivity index (χ1v) is 19.8. The maximum Gasteiger partial charge on any atom is 0.167 e. The number of rotatable bonds is 5. The fourth-order valence-electron chi connectivity index (χ4n) is 8.99. The van der Waals surface area contributed by atoms with Gasteiger partial charge in [-0.1, -0.05) is 152 Å². The van der Waals surface area contributed by atoms with Crippen LogP contribution in [0.15, 0.2) is 193 Å². The second kappa shape index (κ2) is 13.0. The Morgan fingerprint density at radius 2 is 1.17 bits per heavy atom. The van der Waals surface area contributed by atoms with Crippen LogP contribution in [-0.4, -0.2) is 19.5 Å². The number of aromatic nitrogens is 4. The van der Waals surface area contributed by atoms with Crippen LogP contribution in [0, 0.1) is 0 Å². The predicted octanol–water partition coefficient (Wildman–Crippen LogP) is 13.6. The molecule has 0 saturated heterocycles. The van der Waals surface area contributed by atoms with E-state index in [2.05, 4.69) is 181 Å². The van der Waals surface area contributed by atoms with E-state index in [0.29, 0.717) is 23.4 Å². The molecule has 0 aliphatic heterocycles. The van der Waals surface area contributed by atoms with Crippen LogP contribution in [0.25, 0.3) is 99.3 Å². The number of fused-ring (bicyclic) bond motifs is 8. The third kappa shape index (κ3) is 5.14. The van der Waals surface area contributed by atoms with Gasteiger partial charge < -0.3 is 8.98 Å². The molecule has 272 valence electrons. The first-order valence-electron chi connectivity index (χ1n) is 19.8. The van der Waals surface area contributed by atoms with Crippen molar-refractivity contribution in [3.63, 3.8) is 0 Å². The van der Waals surface area contributed by atoms with Gasteiger partial charge >= 0.3 is 0 Å². The van der Waals surface area contributed by atoms with E-state index in [1.54, 1.807) is 0 Å². The molecule has 8 aromatic carbocycles. The molecule has 12 rings (SSSR count). The Labute approximate surface area is 333 Å². The zero-order chi connectivity index (χ0) is 38.2. The molecule has 0 amide bonds. The number of allylic oxidation sites excluding steroid dienone is 4. The molecule has 1 aliphatic carbocycles. The molecule has 3 heterocycles. The largest absolute Gasteiger partial charge is 0.455 e. The minimum absolute atomic E-state index is 0.297. The van der Waals surface area contributed by atoms with Crippen LogP contribution in [0.3, 0.4) is 0 Å². The van der Waals surface area contributed by atoms with Gasteiger partial charge in [0.05, 0.1) is 27.7 Å². The van der Waals surface area contributed by atoms with E-state index in [1.165, 1.54) is 27.1 Å². The summed E-state index contributed by atoms with van der Waals surface area (Å²) < 4.78 is 9.29. The van der Waals surface area contributed by atoms with Crippen LogP contribution in [0.1, 0.15) is 23.7 Å². The zero-order valence-corrected chi connectivity index (χ0v) is 31.4. The van der Waals surface area contributed by atoms with Gasteiger partial charge in [-0.2, -0.15) is 0 Å². The summed E-state index contributed by atoms with van der Waals surface area (Å²) in [5.74, 6) is 2.12. The molecule has 0 bridgehead atoms. The Morgan fingerprint density at radius 1 is 0.500 bits per heavy atom. The van der Waals surface area contributed by atoms with Gasteiger partial charge in [0.25, 0.3) is 0 Å². The minimum atomic E-state index is 0.297. The summed E-state index contributed by atoms with van der Waals surface area (Å²) in [5.41, 5.74) is 8.92. The van der Waals surface area contributed by atoms with Gasteiger partial charge in [0.2, 0.25) is 0 Å². The lowest BCUT2D eigenvalue weighted by molar-refractivity contribution is 0.669. The molecule has 0 spiro atoms. The lowest BCUT2D eigenvalue weighted by atomic mass is 9.90. The molecule has 5 heteroatoms. The molecule has 11 aromatic rings. The highest BCUT2D eigenvalue weighted by Crippen LogP contribution is 2.43. The molecule has 0 N–H and O–H groups in total. The SMILES string of the molecule is C1=CC(c2ccccc2)CC=C1c1nc(-c2cccc3ccccc23)nc(-c2ccc(-n3c4ccccc4c4cc5ccccc5cc43)c3c2oc2ccccc23)n1. The zero-order valence-electron chi connectivity index (χ0n) is 31.4. The highest BCUT2D eigenvalue weighted by molar-refractivity contribution is 6.18. The number of furan rings is 1. The topological polar surface area (TPSA) is 56.7 Å². The minimum Gasteiger partial charge on any atom is -0.455 e. The molecule has 1 aliphatic rings. The third-order valence-corrected chi connectivity index (χ3v) is 11.8. The van der Waals surface area contributed by atoms with Gasteiger partial charge in [-0.05, 0) is 69.9 Å². The number of nitrogens with zero attached hydrogens (tertiary/aromatic N) is 4. The summed E-state index contributed by atoms with van der Waals surface area (Å²) in [4.78, 5) is 15.8. The summed E-state index contributed by atoms with van der Waals surface area (Å²) in [6.07, 6.45) is 7.55. The van der Waals surface area contributed by atoms with Crippen LogP contribution in [0.2, 0.25) is 0 Å². The fourth-order valence-corrected chi connectivity index (χ4v) is 8.99. The van der Waals surface area contributed by atoms with Crippen molar-refractivity contribution >= 4 is 70.9 Å². The second-order valence-corrected chi connectivity index (χ2v) is 15.1. The van der Waals surface area contributed by atoms with Crippen molar-refractivity contribution < 1.29 is 4.42 Å². The molecule has 0 fully saturated rings. The van der Waals surface area contributed by atoms with Crippen LogP contribution in [0.4, 0.5) is 0 Å². The third-order valence-electron chi connectivity index (χ3n) is 11.8.